The topological polar surface area (TPSA) is 3.24 Å². The standard InChI is InChI=1S/C10H14BrN/c1-12(8-7-11)9-10-5-3-2-4-6-10/h2-6H,7-9H2,1H3. The van der Waals surface area contributed by atoms with Gasteiger partial charge in [0.05, 0.1) is 0 Å². The van der Waals surface area contributed by atoms with E-state index >= 15 is 0 Å². The molecule has 1 aromatic carbocycles. The molecule has 0 saturated heterocycles. The van der Waals surface area contributed by atoms with Crippen molar-refractivity contribution in [3.63, 3.8) is 0 Å². The zero-order valence-electron chi connectivity index (χ0n) is 7.33. The smallest absolute Gasteiger partial charge is 0.0231 e. The van der Waals surface area contributed by atoms with Crippen molar-refractivity contribution in [1.29, 1.82) is 0 Å². The van der Waals surface area contributed by atoms with Crippen LogP contribution in [0.15, 0.2) is 30.3 Å². The minimum Gasteiger partial charge on any atom is -0.301 e. The van der Waals surface area contributed by atoms with Gasteiger partial charge >= 0.3 is 0 Å². The lowest BCUT2D eigenvalue weighted by atomic mass is 10.2. The predicted octanol–water partition coefficient (Wildman–Crippen LogP) is 2.51. The molecule has 0 aliphatic rings. The first-order chi connectivity index (χ1) is 5.83. The van der Waals surface area contributed by atoms with Crippen LogP contribution in [-0.4, -0.2) is 23.8 Å². The fraction of sp³-hybridized carbons (Fsp3) is 0.400. The Hall–Kier alpha value is -0.340. The van der Waals surface area contributed by atoms with Crippen molar-refractivity contribution in [2.75, 3.05) is 18.9 Å². The summed E-state index contributed by atoms with van der Waals surface area (Å²) in [6.45, 7) is 2.13. The molecule has 1 rings (SSSR count). The molecule has 1 nitrogen and oxygen atoms in total. The Morgan fingerprint density at radius 2 is 1.92 bits per heavy atom. The molecule has 0 fully saturated rings. The van der Waals surface area contributed by atoms with Crippen molar-refractivity contribution in [3.8, 4) is 0 Å². The van der Waals surface area contributed by atoms with E-state index in [0.29, 0.717) is 0 Å². The monoisotopic (exact) mass is 227 g/mol. The summed E-state index contributed by atoms with van der Waals surface area (Å²) in [5.41, 5.74) is 1.38. The largest absolute Gasteiger partial charge is 0.301 e. The molecule has 0 saturated carbocycles. The van der Waals surface area contributed by atoms with Crippen LogP contribution in [0.3, 0.4) is 0 Å². The van der Waals surface area contributed by atoms with Crippen LogP contribution in [-0.2, 0) is 6.54 Å². The van der Waals surface area contributed by atoms with Crippen LogP contribution >= 0.6 is 15.9 Å². The van der Waals surface area contributed by atoms with E-state index in [0.717, 1.165) is 18.4 Å². The number of hydrogen-bond acceptors (Lipinski definition) is 1. The van der Waals surface area contributed by atoms with Crippen LogP contribution in [0.4, 0.5) is 0 Å². The summed E-state index contributed by atoms with van der Waals surface area (Å²) in [5.74, 6) is 0. The lowest BCUT2D eigenvalue weighted by molar-refractivity contribution is 0.349. The highest BCUT2D eigenvalue weighted by molar-refractivity contribution is 9.09. The molecular formula is C10H14BrN. The number of nitrogens with zero attached hydrogens (tertiary/aromatic N) is 1. The van der Waals surface area contributed by atoms with Crippen LogP contribution in [0.2, 0.25) is 0 Å². The Labute approximate surface area is 82.5 Å². The van der Waals surface area contributed by atoms with Crippen LogP contribution < -0.4 is 0 Å². The van der Waals surface area contributed by atoms with Gasteiger partial charge in [-0.3, -0.25) is 0 Å². The first-order valence-corrected chi connectivity index (χ1v) is 5.23. The number of rotatable bonds is 4. The van der Waals surface area contributed by atoms with Gasteiger partial charge in [-0.2, -0.15) is 0 Å². The van der Waals surface area contributed by atoms with E-state index in [4.69, 9.17) is 0 Å². The molecule has 2 heteroatoms. The number of halogens is 1. The highest BCUT2D eigenvalue weighted by Crippen LogP contribution is 2.02. The third-order valence-electron chi connectivity index (χ3n) is 1.76. The van der Waals surface area contributed by atoms with Gasteiger partial charge in [0.2, 0.25) is 0 Å². The molecule has 0 heterocycles. The van der Waals surface area contributed by atoms with Gasteiger partial charge in [0.25, 0.3) is 0 Å². The lowest BCUT2D eigenvalue weighted by Gasteiger charge is -2.14. The molecule has 0 spiro atoms. The van der Waals surface area contributed by atoms with E-state index in [9.17, 15) is 0 Å². The molecule has 0 bridgehead atoms. The van der Waals surface area contributed by atoms with Crippen molar-refractivity contribution < 1.29 is 0 Å². The zero-order valence-corrected chi connectivity index (χ0v) is 8.92. The summed E-state index contributed by atoms with van der Waals surface area (Å²) in [7, 11) is 2.13. The van der Waals surface area contributed by atoms with Gasteiger partial charge in [-0.25, -0.2) is 0 Å². The van der Waals surface area contributed by atoms with Crippen molar-refractivity contribution >= 4 is 15.9 Å². The van der Waals surface area contributed by atoms with E-state index in [2.05, 4.69) is 52.1 Å². The summed E-state index contributed by atoms with van der Waals surface area (Å²) in [6, 6.07) is 10.5. The highest BCUT2D eigenvalue weighted by atomic mass is 79.9. The van der Waals surface area contributed by atoms with E-state index in [-0.39, 0.29) is 0 Å². The molecular weight excluding hydrogens is 214 g/mol. The number of alkyl halides is 1. The normalized spacial score (nSPS) is 10.6. The summed E-state index contributed by atoms with van der Waals surface area (Å²) >= 11 is 3.42. The molecule has 0 amide bonds. The third kappa shape index (κ3) is 3.37. The summed E-state index contributed by atoms with van der Waals surface area (Å²) in [5, 5.41) is 1.04. The summed E-state index contributed by atoms with van der Waals surface area (Å²) in [4.78, 5) is 2.30. The predicted molar refractivity (Wildman–Crippen MR) is 56.6 cm³/mol. The second-order valence-electron chi connectivity index (χ2n) is 2.91. The molecule has 0 atom stereocenters. The van der Waals surface area contributed by atoms with Crippen LogP contribution in [0, 0.1) is 0 Å². The molecule has 0 radical (unpaired) electrons. The molecule has 0 aliphatic carbocycles. The van der Waals surface area contributed by atoms with Crippen LogP contribution in [0.1, 0.15) is 5.56 Å². The Morgan fingerprint density at radius 3 is 2.50 bits per heavy atom. The summed E-state index contributed by atoms with van der Waals surface area (Å²) in [6.07, 6.45) is 0. The van der Waals surface area contributed by atoms with E-state index in [1.807, 2.05) is 6.07 Å². The van der Waals surface area contributed by atoms with Gasteiger partial charge in [-0.15, -0.1) is 0 Å². The molecule has 0 aromatic heterocycles. The van der Waals surface area contributed by atoms with Crippen LogP contribution in [0.25, 0.3) is 0 Å². The third-order valence-corrected chi connectivity index (χ3v) is 2.12. The maximum Gasteiger partial charge on any atom is 0.0231 e. The fourth-order valence-corrected chi connectivity index (χ4v) is 1.72. The fourth-order valence-electron chi connectivity index (χ4n) is 1.12. The Morgan fingerprint density at radius 1 is 1.25 bits per heavy atom. The molecule has 66 valence electrons. The van der Waals surface area contributed by atoms with Gasteiger partial charge in [-0.1, -0.05) is 46.3 Å². The molecule has 1 aromatic rings. The van der Waals surface area contributed by atoms with Gasteiger partial charge in [0.1, 0.15) is 0 Å². The van der Waals surface area contributed by atoms with Gasteiger partial charge < -0.3 is 4.90 Å². The summed E-state index contributed by atoms with van der Waals surface area (Å²) < 4.78 is 0. The van der Waals surface area contributed by atoms with Gasteiger partial charge in [-0.05, 0) is 12.6 Å². The van der Waals surface area contributed by atoms with Gasteiger partial charge in [0.15, 0.2) is 0 Å². The van der Waals surface area contributed by atoms with Crippen molar-refractivity contribution in [3.05, 3.63) is 35.9 Å². The molecule has 0 unspecified atom stereocenters. The lowest BCUT2D eigenvalue weighted by Crippen LogP contribution is -2.19. The molecule has 12 heavy (non-hydrogen) atoms. The highest BCUT2D eigenvalue weighted by Gasteiger charge is 1.96. The Balaban J connectivity index is 2.41. The van der Waals surface area contributed by atoms with Crippen molar-refractivity contribution in [2.24, 2.45) is 0 Å². The van der Waals surface area contributed by atoms with E-state index in [1.54, 1.807) is 0 Å². The second-order valence-corrected chi connectivity index (χ2v) is 3.71. The van der Waals surface area contributed by atoms with Crippen molar-refractivity contribution in [2.45, 2.75) is 6.54 Å². The quantitative estimate of drug-likeness (QED) is 0.715. The van der Waals surface area contributed by atoms with E-state index < -0.39 is 0 Å². The average molecular weight is 228 g/mol. The minimum absolute atomic E-state index is 1.03. The first-order valence-electron chi connectivity index (χ1n) is 4.11. The minimum atomic E-state index is 1.03. The maximum absolute atomic E-state index is 3.42. The molecule has 0 aliphatic heterocycles. The average Bonchev–Trinajstić information content (AvgIpc) is 2.06. The van der Waals surface area contributed by atoms with E-state index in [1.165, 1.54) is 5.56 Å². The maximum atomic E-state index is 3.42. The Kier molecular flexibility index (Phi) is 4.33. The van der Waals surface area contributed by atoms with Crippen molar-refractivity contribution in [1.82, 2.24) is 4.90 Å². The SMILES string of the molecule is CN(CCBr)Cc1ccccc1. The zero-order chi connectivity index (χ0) is 8.81. The Bertz CT molecular complexity index is 210. The molecule has 0 N–H and O–H groups in total. The number of hydrogen-bond donors (Lipinski definition) is 0. The van der Waals surface area contributed by atoms with Crippen LogP contribution in [0.5, 0.6) is 0 Å². The van der Waals surface area contributed by atoms with Gasteiger partial charge in [0, 0.05) is 18.4 Å². The number of benzene rings is 1. The second kappa shape index (κ2) is 5.33. The first kappa shape index (κ1) is 9.75.